The number of hydrogen-bond acceptors (Lipinski definition) is 2. The monoisotopic (exact) mass is 159 g/mol. The molecule has 12 heavy (non-hydrogen) atoms. The second-order valence-electron chi connectivity index (χ2n) is 3.04. The van der Waals surface area contributed by atoms with Gasteiger partial charge in [-0.1, -0.05) is 12.1 Å². The lowest BCUT2D eigenvalue weighted by atomic mass is 10.0. The van der Waals surface area contributed by atoms with Crippen LogP contribution in [0.1, 0.15) is 29.2 Å². The Morgan fingerprint density at radius 3 is 3.08 bits per heavy atom. The lowest BCUT2D eigenvalue weighted by molar-refractivity contribution is 0.180. The Bertz CT molecular complexity index is 351. The van der Waals surface area contributed by atoms with Gasteiger partial charge in [0.1, 0.15) is 0 Å². The topological polar surface area (TPSA) is 44.0 Å². The number of aliphatic hydroxyl groups excluding tert-OH is 1. The van der Waals surface area contributed by atoms with Crippen LogP contribution in [0, 0.1) is 11.3 Å². The van der Waals surface area contributed by atoms with Gasteiger partial charge in [0.2, 0.25) is 0 Å². The highest BCUT2D eigenvalue weighted by Gasteiger charge is 2.22. The Morgan fingerprint density at radius 2 is 2.33 bits per heavy atom. The number of aryl methyl sites for hydroxylation is 1. The first-order chi connectivity index (χ1) is 5.83. The Balaban J connectivity index is 2.62. The molecule has 1 aliphatic rings. The molecule has 0 fully saturated rings. The van der Waals surface area contributed by atoms with Gasteiger partial charge < -0.3 is 5.11 Å². The molecule has 0 saturated carbocycles. The third-order valence-corrected chi connectivity index (χ3v) is 2.34. The van der Waals surface area contributed by atoms with E-state index in [1.165, 1.54) is 0 Å². The van der Waals surface area contributed by atoms with Crippen molar-refractivity contribution >= 4 is 0 Å². The Morgan fingerprint density at radius 1 is 1.50 bits per heavy atom. The second-order valence-corrected chi connectivity index (χ2v) is 3.04. The summed E-state index contributed by atoms with van der Waals surface area (Å²) in [7, 11) is 0. The summed E-state index contributed by atoms with van der Waals surface area (Å²) in [5.74, 6) is 0. The van der Waals surface area contributed by atoms with Crippen LogP contribution in [-0.2, 0) is 6.42 Å². The van der Waals surface area contributed by atoms with Gasteiger partial charge in [-0.15, -0.1) is 0 Å². The highest BCUT2D eigenvalue weighted by Crippen LogP contribution is 2.32. The van der Waals surface area contributed by atoms with Crippen LogP contribution in [0.15, 0.2) is 18.2 Å². The molecule has 1 unspecified atom stereocenters. The number of nitrogens with zero attached hydrogens (tertiary/aromatic N) is 1. The molecule has 60 valence electrons. The number of rotatable bonds is 0. The zero-order valence-corrected chi connectivity index (χ0v) is 6.62. The molecule has 2 rings (SSSR count). The van der Waals surface area contributed by atoms with E-state index in [-0.39, 0.29) is 0 Å². The van der Waals surface area contributed by atoms with Crippen molar-refractivity contribution < 1.29 is 5.11 Å². The Hall–Kier alpha value is -1.33. The van der Waals surface area contributed by atoms with Crippen LogP contribution in [0.5, 0.6) is 0 Å². The smallest absolute Gasteiger partial charge is 0.0995 e. The quantitative estimate of drug-likeness (QED) is 0.624. The molecule has 0 spiro atoms. The van der Waals surface area contributed by atoms with E-state index in [9.17, 15) is 5.11 Å². The van der Waals surface area contributed by atoms with E-state index in [0.29, 0.717) is 5.56 Å². The zero-order chi connectivity index (χ0) is 8.55. The van der Waals surface area contributed by atoms with Gasteiger partial charge in [0.05, 0.1) is 17.7 Å². The normalized spacial score (nSPS) is 20.2. The molecule has 1 aromatic rings. The van der Waals surface area contributed by atoms with Crippen molar-refractivity contribution in [1.82, 2.24) is 0 Å². The third-order valence-electron chi connectivity index (χ3n) is 2.34. The van der Waals surface area contributed by atoms with Gasteiger partial charge in [-0.25, -0.2) is 0 Å². The van der Waals surface area contributed by atoms with E-state index in [1.807, 2.05) is 12.1 Å². The van der Waals surface area contributed by atoms with Crippen molar-refractivity contribution in [2.45, 2.75) is 18.9 Å². The molecule has 1 N–H and O–H groups in total. The standard InChI is InChI=1S/C10H9NO/c11-6-8-3-1-2-7-4-5-9(12)10(7)8/h1-3,9,12H,4-5H2. The number of benzene rings is 1. The van der Waals surface area contributed by atoms with Gasteiger partial charge in [-0.2, -0.15) is 5.26 Å². The lowest BCUT2D eigenvalue weighted by Gasteiger charge is -2.04. The van der Waals surface area contributed by atoms with Gasteiger partial charge in [0.15, 0.2) is 0 Å². The molecule has 0 radical (unpaired) electrons. The van der Waals surface area contributed by atoms with Crippen LogP contribution in [0.4, 0.5) is 0 Å². The molecule has 0 bridgehead atoms. The van der Waals surface area contributed by atoms with Crippen molar-refractivity contribution in [2.24, 2.45) is 0 Å². The first kappa shape index (κ1) is 7.33. The molecule has 1 aliphatic carbocycles. The van der Waals surface area contributed by atoms with E-state index in [1.54, 1.807) is 6.07 Å². The zero-order valence-electron chi connectivity index (χ0n) is 6.62. The Kier molecular flexibility index (Phi) is 1.60. The summed E-state index contributed by atoms with van der Waals surface area (Å²) in [6.07, 6.45) is 1.23. The van der Waals surface area contributed by atoms with E-state index in [4.69, 9.17) is 5.26 Å². The summed E-state index contributed by atoms with van der Waals surface area (Å²) >= 11 is 0. The van der Waals surface area contributed by atoms with Crippen LogP contribution >= 0.6 is 0 Å². The minimum Gasteiger partial charge on any atom is -0.388 e. The first-order valence-electron chi connectivity index (χ1n) is 4.03. The molecule has 2 nitrogen and oxygen atoms in total. The molecular weight excluding hydrogens is 150 g/mol. The minimum atomic E-state index is -0.421. The fourth-order valence-corrected chi connectivity index (χ4v) is 1.76. The predicted molar refractivity (Wildman–Crippen MR) is 44.4 cm³/mol. The van der Waals surface area contributed by atoms with Gasteiger partial charge in [-0.05, 0) is 24.5 Å². The number of hydrogen-bond donors (Lipinski definition) is 1. The van der Waals surface area contributed by atoms with Gasteiger partial charge >= 0.3 is 0 Å². The number of nitriles is 1. The number of aliphatic hydroxyl groups is 1. The van der Waals surface area contributed by atoms with Gasteiger partial charge in [0.25, 0.3) is 0 Å². The van der Waals surface area contributed by atoms with Gasteiger partial charge in [-0.3, -0.25) is 0 Å². The largest absolute Gasteiger partial charge is 0.388 e. The van der Waals surface area contributed by atoms with E-state index in [2.05, 4.69) is 6.07 Å². The first-order valence-corrected chi connectivity index (χ1v) is 4.03. The maximum atomic E-state index is 9.54. The predicted octanol–water partition coefficient (Wildman–Crippen LogP) is 1.54. The summed E-state index contributed by atoms with van der Waals surface area (Å²) in [6.45, 7) is 0. The lowest BCUT2D eigenvalue weighted by Crippen LogP contribution is -1.94. The van der Waals surface area contributed by atoms with Crippen LogP contribution < -0.4 is 0 Å². The minimum absolute atomic E-state index is 0.421. The molecule has 1 aromatic carbocycles. The van der Waals surface area contributed by atoms with Gasteiger partial charge in [0, 0.05) is 5.56 Å². The highest BCUT2D eigenvalue weighted by molar-refractivity contribution is 5.46. The molecule has 0 amide bonds. The molecule has 0 aromatic heterocycles. The SMILES string of the molecule is N#Cc1cccc2c1C(O)CC2. The summed E-state index contributed by atoms with van der Waals surface area (Å²) < 4.78 is 0. The van der Waals surface area contributed by atoms with Crippen LogP contribution in [0.3, 0.4) is 0 Å². The van der Waals surface area contributed by atoms with E-state index >= 15 is 0 Å². The second kappa shape index (κ2) is 2.62. The van der Waals surface area contributed by atoms with Crippen LogP contribution in [-0.4, -0.2) is 5.11 Å². The highest BCUT2D eigenvalue weighted by atomic mass is 16.3. The number of fused-ring (bicyclic) bond motifs is 1. The Labute approximate surface area is 71.1 Å². The van der Waals surface area contributed by atoms with Crippen molar-refractivity contribution in [1.29, 1.82) is 5.26 Å². The van der Waals surface area contributed by atoms with E-state index in [0.717, 1.165) is 24.0 Å². The van der Waals surface area contributed by atoms with Crippen molar-refractivity contribution in [3.63, 3.8) is 0 Å². The maximum Gasteiger partial charge on any atom is 0.0995 e. The third kappa shape index (κ3) is 0.910. The molecule has 0 heterocycles. The molecular formula is C10H9NO. The fourth-order valence-electron chi connectivity index (χ4n) is 1.76. The summed E-state index contributed by atoms with van der Waals surface area (Å²) in [5, 5.41) is 18.3. The van der Waals surface area contributed by atoms with E-state index < -0.39 is 6.10 Å². The van der Waals surface area contributed by atoms with Crippen molar-refractivity contribution in [3.05, 3.63) is 34.9 Å². The summed E-state index contributed by atoms with van der Waals surface area (Å²) in [4.78, 5) is 0. The average Bonchev–Trinajstić information content (AvgIpc) is 2.48. The molecule has 1 atom stereocenters. The summed E-state index contributed by atoms with van der Waals surface area (Å²) in [6, 6.07) is 7.70. The van der Waals surface area contributed by atoms with Crippen molar-refractivity contribution in [3.8, 4) is 6.07 Å². The van der Waals surface area contributed by atoms with Crippen molar-refractivity contribution in [2.75, 3.05) is 0 Å². The fraction of sp³-hybridized carbons (Fsp3) is 0.300. The molecule has 0 aliphatic heterocycles. The molecule has 2 heteroatoms. The molecule has 0 saturated heterocycles. The summed E-state index contributed by atoms with van der Waals surface area (Å²) in [5.41, 5.74) is 2.60. The van der Waals surface area contributed by atoms with Crippen LogP contribution in [0.2, 0.25) is 0 Å². The van der Waals surface area contributed by atoms with Crippen LogP contribution in [0.25, 0.3) is 0 Å². The average molecular weight is 159 g/mol. The maximum absolute atomic E-state index is 9.54.